The molecule has 1 N–H and O–H groups in total. The van der Waals surface area contributed by atoms with Crippen LogP contribution in [-0.2, 0) is 14.8 Å². The second kappa shape index (κ2) is 7.59. The first kappa shape index (κ1) is 19.8. The number of carbonyl (C=O) groups is 1. The summed E-state index contributed by atoms with van der Waals surface area (Å²) in [5, 5.41) is 0. The molecule has 0 saturated carbocycles. The van der Waals surface area contributed by atoms with E-state index in [1.165, 1.54) is 0 Å². The molecule has 27 heavy (non-hydrogen) atoms. The van der Waals surface area contributed by atoms with Crippen LogP contribution in [0.15, 0.2) is 34.2 Å². The van der Waals surface area contributed by atoms with Gasteiger partial charge in [-0.25, -0.2) is 8.42 Å². The van der Waals surface area contributed by atoms with Crippen molar-refractivity contribution in [3.05, 3.63) is 29.8 Å². The molecule has 7 nitrogen and oxygen atoms in total. The molecule has 0 aromatic heterocycles. The molecule has 1 aromatic rings. The smallest absolute Gasteiger partial charge is 0.263 e. The van der Waals surface area contributed by atoms with Crippen LogP contribution in [0.4, 0.5) is 0 Å². The van der Waals surface area contributed by atoms with Gasteiger partial charge in [0.2, 0.25) is 5.91 Å². The number of amides is 1. The Labute approximate surface area is 161 Å². The van der Waals surface area contributed by atoms with E-state index in [2.05, 4.69) is 28.7 Å². The number of sulfonamides is 1. The van der Waals surface area contributed by atoms with E-state index < -0.39 is 16.1 Å². The van der Waals surface area contributed by atoms with Crippen molar-refractivity contribution in [1.82, 2.24) is 14.5 Å². The topological polar surface area (TPSA) is 82.1 Å². The average molecular weight is 393 g/mol. The van der Waals surface area contributed by atoms with E-state index >= 15 is 0 Å². The first-order valence-corrected chi connectivity index (χ1v) is 10.8. The van der Waals surface area contributed by atoms with Gasteiger partial charge in [-0.2, -0.15) is 0 Å². The van der Waals surface area contributed by atoms with Crippen molar-refractivity contribution in [2.75, 3.05) is 27.2 Å². The molecular formula is C19H28N4O3S. The summed E-state index contributed by atoms with van der Waals surface area (Å²) in [6, 6.07) is 6.61. The third kappa shape index (κ3) is 4.01. The number of nitrogens with one attached hydrogen (secondary N) is 1. The zero-order valence-corrected chi connectivity index (χ0v) is 17.2. The van der Waals surface area contributed by atoms with Crippen molar-refractivity contribution in [1.29, 1.82) is 0 Å². The minimum Gasteiger partial charge on any atom is -0.341 e. The molecule has 0 bridgehead atoms. The molecule has 1 amide bonds. The van der Waals surface area contributed by atoms with Crippen molar-refractivity contribution < 1.29 is 13.2 Å². The van der Waals surface area contributed by atoms with Gasteiger partial charge in [-0.15, -0.1) is 0 Å². The first-order valence-electron chi connectivity index (χ1n) is 9.36. The number of benzene rings is 1. The number of piperidine rings is 1. The van der Waals surface area contributed by atoms with Crippen LogP contribution < -0.4 is 4.72 Å². The predicted molar refractivity (Wildman–Crippen MR) is 105 cm³/mol. The molecule has 148 valence electrons. The highest BCUT2D eigenvalue weighted by Gasteiger charge is 2.34. The third-order valence-corrected chi connectivity index (χ3v) is 6.72. The summed E-state index contributed by atoms with van der Waals surface area (Å²) < 4.78 is 27.1. The largest absolute Gasteiger partial charge is 0.341 e. The Morgan fingerprint density at radius 3 is 2.44 bits per heavy atom. The van der Waals surface area contributed by atoms with Gasteiger partial charge < -0.3 is 9.80 Å². The number of hydrogen-bond donors (Lipinski definition) is 1. The second-order valence-corrected chi connectivity index (χ2v) is 9.44. The highest BCUT2D eigenvalue weighted by atomic mass is 32.2. The molecule has 1 fully saturated rings. The summed E-state index contributed by atoms with van der Waals surface area (Å²) in [5.74, 6) is 0.202. The highest BCUT2D eigenvalue weighted by molar-refractivity contribution is 7.90. The van der Waals surface area contributed by atoms with Crippen LogP contribution in [0.3, 0.4) is 0 Å². The minimum atomic E-state index is -3.60. The monoisotopic (exact) mass is 392 g/mol. The Morgan fingerprint density at radius 2 is 1.85 bits per heavy atom. The number of rotatable bonds is 4. The van der Waals surface area contributed by atoms with E-state index in [1.54, 1.807) is 24.3 Å². The van der Waals surface area contributed by atoms with E-state index in [-0.39, 0.29) is 22.6 Å². The number of aliphatic imine (C=N–C) groups is 1. The SMILES string of the molecule is CC(C)[C@H](N=C1NS(=O)(=O)c2ccccc21)C(=O)N1CCC(N(C)C)CC1. The van der Waals surface area contributed by atoms with Gasteiger partial charge in [-0.05, 0) is 45.0 Å². The zero-order chi connectivity index (χ0) is 19.8. The molecule has 1 aromatic carbocycles. The van der Waals surface area contributed by atoms with Gasteiger partial charge in [-0.3, -0.25) is 14.5 Å². The summed E-state index contributed by atoms with van der Waals surface area (Å²) in [4.78, 5) is 22.0. The van der Waals surface area contributed by atoms with Crippen LogP contribution in [-0.4, -0.2) is 69.2 Å². The maximum atomic E-state index is 13.1. The molecule has 1 atom stereocenters. The van der Waals surface area contributed by atoms with Gasteiger partial charge in [0.15, 0.2) is 0 Å². The summed E-state index contributed by atoms with van der Waals surface area (Å²) in [6.07, 6.45) is 1.88. The number of nitrogens with zero attached hydrogens (tertiary/aromatic N) is 3. The Balaban J connectivity index is 1.83. The molecule has 2 heterocycles. The van der Waals surface area contributed by atoms with Crippen molar-refractivity contribution >= 4 is 21.8 Å². The van der Waals surface area contributed by atoms with E-state index in [4.69, 9.17) is 0 Å². The van der Waals surface area contributed by atoms with Crippen molar-refractivity contribution in [3.8, 4) is 0 Å². The van der Waals surface area contributed by atoms with Gasteiger partial charge >= 0.3 is 0 Å². The summed E-state index contributed by atoms with van der Waals surface area (Å²) in [6.45, 7) is 5.29. The fourth-order valence-electron chi connectivity index (χ4n) is 3.65. The summed E-state index contributed by atoms with van der Waals surface area (Å²) in [5.41, 5.74) is 0.530. The van der Waals surface area contributed by atoms with Crippen LogP contribution in [0, 0.1) is 5.92 Å². The molecule has 8 heteroatoms. The number of hydrogen-bond acceptors (Lipinski definition) is 5. The van der Waals surface area contributed by atoms with Gasteiger partial charge in [-0.1, -0.05) is 26.0 Å². The van der Waals surface area contributed by atoms with E-state index in [0.717, 1.165) is 12.8 Å². The fourth-order valence-corrected chi connectivity index (χ4v) is 4.89. The molecule has 0 unspecified atom stereocenters. The maximum absolute atomic E-state index is 13.1. The average Bonchev–Trinajstić information content (AvgIpc) is 2.90. The normalized spacial score (nSPS) is 22.1. The van der Waals surface area contributed by atoms with E-state index in [0.29, 0.717) is 24.7 Å². The summed E-state index contributed by atoms with van der Waals surface area (Å²) >= 11 is 0. The lowest BCUT2D eigenvalue weighted by molar-refractivity contribution is -0.134. The van der Waals surface area contributed by atoms with Crippen LogP contribution in [0.2, 0.25) is 0 Å². The molecule has 0 aliphatic carbocycles. The lowest BCUT2D eigenvalue weighted by Gasteiger charge is -2.36. The zero-order valence-electron chi connectivity index (χ0n) is 16.3. The Hall–Kier alpha value is -1.93. The van der Waals surface area contributed by atoms with Gasteiger partial charge in [0.1, 0.15) is 11.9 Å². The van der Waals surface area contributed by atoms with Crippen LogP contribution in [0.25, 0.3) is 0 Å². The van der Waals surface area contributed by atoms with Crippen LogP contribution >= 0.6 is 0 Å². The lowest BCUT2D eigenvalue weighted by atomic mass is 9.99. The Bertz CT molecular complexity index is 840. The summed E-state index contributed by atoms with van der Waals surface area (Å²) in [7, 11) is 0.524. The maximum Gasteiger partial charge on any atom is 0.263 e. The second-order valence-electron chi connectivity index (χ2n) is 7.79. The standard InChI is InChI=1S/C19H28N4O3S/c1-13(2)17(19(24)23-11-9-14(10-12-23)22(3)4)20-18-15-7-5-6-8-16(15)27(25,26)21-18/h5-8,13-14,17H,9-12H2,1-4H3,(H,20,21)/t17-/m0/s1. The highest BCUT2D eigenvalue weighted by Crippen LogP contribution is 2.24. The molecule has 2 aliphatic rings. The first-order chi connectivity index (χ1) is 12.7. The molecular weight excluding hydrogens is 364 g/mol. The fraction of sp³-hybridized carbons (Fsp3) is 0.579. The predicted octanol–water partition coefficient (Wildman–Crippen LogP) is 1.30. The van der Waals surface area contributed by atoms with Gasteiger partial charge in [0.25, 0.3) is 10.0 Å². The lowest BCUT2D eigenvalue weighted by Crippen LogP contribution is -2.48. The van der Waals surface area contributed by atoms with Crippen molar-refractivity contribution in [2.24, 2.45) is 10.9 Å². The van der Waals surface area contributed by atoms with Gasteiger partial charge in [0.05, 0.1) is 4.90 Å². The molecule has 1 saturated heterocycles. The van der Waals surface area contributed by atoms with Crippen LogP contribution in [0.1, 0.15) is 32.3 Å². The number of likely N-dealkylation sites (tertiary alicyclic amines) is 1. The van der Waals surface area contributed by atoms with E-state index in [9.17, 15) is 13.2 Å². The van der Waals surface area contributed by atoms with E-state index in [1.807, 2.05) is 18.7 Å². The molecule has 3 rings (SSSR count). The number of amidine groups is 1. The van der Waals surface area contributed by atoms with Crippen molar-refractivity contribution in [2.45, 2.75) is 43.7 Å². The minimum absolute atomic E-state index is 0.0294. The third-order valence-electron chi connectivity index (χ3n) is 5.32. The van der Waals surface area contributed by atoms with Gasteiger partial charge in [0, 0.05) is 24.7 Å². The van der Waals surface area contributed by atoms with Crippen molar-refractivity contribution in [3.63, 3.8) is 0 Å². The number of carbonyl (C=O) groups excluding carboxylic acids is 1. The Kier molecular flexibility index (Phi) is 5.58. The molecule has 0 spiro atoms. The molecule has 0 radical (unpaired) electrons. The Morgan fingerprint density at radius 1 is 1.22 bits per heavy atom. The van der Waals surface area contributed by atoms with Crippen LogP contribution in [0.5, 0.6) is 0 Å². The quantitative estimate of drug-likeness (QED) is 0.837. The number of fused-ring (bicyclic) bond motifs is 1. The molecule has 2 aliphatic heterocycles.